The number of nitrogens with one attached hydrogen (secondary N) is 1. The maximum Gasteiger partial charge on any atom is 0.271 e. The van der Waals surface area contributed by atoms with Gasteiger partial charge in [-0.2, -0.15) is 0 Å². The van der Waals surface area contributed by atoms with Gasteiger partial charge in [0.15, 0.2) is 0 Å². The van der Waals surface area contributed by atoms with Crippen LogP contribution in [0.25, 0.3) is 0 Å². The molecule has 1 aliphatic carbocycles. The third kappa shape index (κ3) is 6.81. The van der Waals surface area contributed by atoms with Gasteiger partial charge in [0.05, 0.1) is 16.9 Å². The predicted molar refractivity (Wildman–Crippen MR) is 137 cm³/mol. The number of hydrogen-bond acceptors (Lipinski definition) is 6. The number of carbonyl (C=O) groups excluding carboxylic acids is 2. The molecular formula is C25H32N4O6S. The van der Waals surface area contributed by atoms with Crippen LogP contribution < -0.4 is 9.62 Å². The number of aryl methyl sites for hydroxylation is 1. The fraction of sp³-hybridized carbons (Fsp3) is 0.440. The van der Waals surface area contributed by atoms with Crippen molar-refractivity contribution < 1.29 is 22.9 Å². The molecule has 2 aromatic rings. The van der Waals surface area contributed by atoms with Gasteiger partial charge in [-0.15, -0.1) is 0 Å². The smallest absolute Gasteiger partial charge is 0.271 e. The number of amides is 2. The summed E-state index contributed by atoms with van der Waals surface area (Å²) in [7, 11) is -3.99. The molecule has 1 fully saturated rings. The zero-order chi connectivity index (χ0) is 26.5. The Morgan fingerprint density at radius 1 is 1.14 bits per heavy atom. The maximum absolute atomic E-state index is 13.6. The molecule has 11 heteroatoms. The molecule has 1 aliphatic rings. The van der Waals surface area contributed by atoms with Crippen LogP contribution in [0.15, 0.2) is 48.5 Å². The van der Waals surface area contributed by atoms with Gasteiger partial charge in [-0.25, -0.2) is 8.42 Å². The lowest BCUT2D eigenvalue weighted by molar-refractivity contribution is -0.384. The molecule has 0 unspecified atom stereocenters. The molecule has 0 aliphatic heterocycles. The molecule has 0 radical (unpaired) electrons. The van der Waals surface area contributed by atoms with Crippen LogP contribution in [0.5, 0.6) is 0 Å². The Hall–Kier alpha value is -3.47. The highest BCUT2D eigenvalue weighted by Gasteiger charge is 2.32. The molecule has 10 nitrogen and oxygen atoms in total. The molecule has 0 heterocycles. The Morgan fingerprint density at radius 2 is 1.78 bits per heavy atom. The van der Waals surface area contributed by atoms with Crippen molar-refractivity contribution in [3.63, 3.8) is 0 Å². The van der Waals surface area contributed by atoms with Crippen LogP contribution in [-0.4, -0.2) is 54.9 Å². The van der Waals surface area contributed by atoms with E-state index in [0.29, 0.717) is 5.56 Å². The van der Waals surface area contributed by atoms with Crippen molar-refractivity contribution >= 4 is 33.2 Å². The third-order valence-electron chi connectivity index (χ3n) is 6.42. The quantitative estimate of drug-likeness (QED) is 0.381. The van der Waals surface area contributed by atoms with Crippen molar-refractivity contribution in [1.29, 1.82) is 0 Å². The third-order valence-corrected chi connectivity index (χ3v) is 7.54. The van der Waals surface area contributed by atoms with Crippen LogP contribution in [0.4, 0.5) is 11.4 Å². The zero-order valence-corrected chi connectivity index (χ0v) is 21.5. The van der Waals surface area contributed by atoms with Crippen molar-refractivity contribution in [1.82, 2.24) is 10.2 Å². The van der Waals surface area contributed by atoms with Crippen molar-refractivity contribution in [3.05, 3.63) is 69.8 Å². The molecule has 1 atom stereocenters. The summed E-state index contributed by atoms with van der Waals surface area (Å²) in [6, 6.07) is 12.2. The summed E-state index contributed by atoms with van der Waals surface area (Å²) in [6.45, 7) is 2.73. The van der Waals surface area contributed by atoms with E-state index in [1.54, 1.807) is 13.8 Å². The summed E-state index contributed by atoms with van der Waals surface area (Å²) in [5, 5.41) is 14.3. The zero-order valence-electron chi connectivity index (χ0n) is 20.7. The van der Waals surface area contributed by atoms with Crippen LogP contribution in [0, 0.1) is 17.0 Å². The van der Waals surface area contributed by atoms with Gasteiger partial charge < -0.3 is 10.2 Å². The van der Waals surface area contributed by atoms with E-state index < -0.39 is 33.4 Å². The lowest BCUT2D eigenvalue weighted by Gasteiger charge is -2.32. The van der Waals surface area contributed by atoms with E-state index in [-0.39, 0.29) is 29.9 Å². The van der Waals surface area contributed by atoms with Gasteiger partial charge in [0.1, 0.15) is 12.6 Å². The van der Waals surface area contributed by atoms with Crippen LogP contribution in [0.2, 0.25) is 0 Å². The largest absolute Gasteiger partial charge is 0.352 e. The predicted octanol–water partition coefficient (Wildman–Crippen LogP) is 3.15. The van der Waals surface area contributed by atoms with Crippen molar-refractivity contribution in [3.8, 4) is 0 Å². The lowest BCUT2D eigenvalue weighted by Crippen LogP contribution is -2.52. The Bertz CT molecular complexity index is 1210. The second-order valence-corrected chi connectivity index (χ2v) is 11.1. The van der Waals surface area contributed by atoms with Crippen LogP contribution in [-0.2, 0) is 26.2 Å². The average molecular weight is 517 g/mol. The number of non-ortho nitro benzene ring substituents is 1. The fourth-order valence-corrected chi connectivity index (χ4v) is 5.23. The number of sulfonamides is 1. The van der Waals surface area contributed by atoms with E-state index in [1.165, 1.54) is 17.0 Å². The number of carbonyl (C=O) groups is 2. The highest BCUT2D eigenvalue weighted by atomic mass is 32.2. The number of nitro groups is 1. The van der Waals surface area contributed by atoms with Gasteiger partial charge in [0.25, 0.3) is 5.69 Å². The molecule has 1 saturated carbocycles. The van der Waals surface area contributed by atoms with Crippen LogP contribution >= 0.6 is 0 Å². The Balaban J connectivity index is 1.92. The minimum Gasteiger partial charge on any atom is -0.352 e. The average Bonchev–Trinajstić information content (AvgIpc) is 3.33. The second-order valence-electron chi connectivity index (χ2n) is 9.17. The summed E-state index contributed by atoms with van der Waals surface area (Å²) >= 11 is 0. The molecule has 0 saturated heterocycles. The van der Waals surface area contributed by atoms with Gasteiger partial charge in [0, 0.05) is 24.7 Å². The Morgan fingerprint density at radius 3 is 2.36 bits per heavy atom. The molecule has 36 heavy (non-hydrogen) atoms. The summed E-state index contributed by atoms with van der Waals surface area (Å²) in [5.41, 5.74) is 0.995. The van der Waals surface area contributed by atoms with E-state index in [2.05, 4.69) is 5.32 Å². The van der Waals surface area contributed by atoms with Gasteiger partial charge >= 0.3 is 0 Å². The molecule has 194 valence electrons. The molecule has 0 aromatic heterocycles. The summed E-state index contributed by atoms with van der Waals surface area (Å²) in [5.74, 6) is -0.895. The summed E-state index contributed by atoms with van der Waals surface area (Å²) in [4.78, 5) is 38.7. The van der Waals surface area contributed by atoms with E-state index >= 15 is 0 Å². The van der Waals surface area contributed by atoms with Gasteiger partial charge in [0.2, 0.25) is 21.8 Å². The number of hydrogen-bond donors (Lipinski definition) is 1. The van der Waals surface area contributed by atoms with Crippen molar-refractivity contribution in [2.45, 2.75) is 58.2 Å². The summed E-state index contributed by atoms with van der Waals surface area (Å²) in [6.07, 6.45) is 4.80. The number of benzene rings is 2. The minimum atomic E-state index is -3.99. The first-order valence-electron chi connectivity index (χ1n) is 11.8. The molecule has 0 bridgehead atoms. The fourth-order valence-electron chi connectivity index (χ4n) is 4.33. The Kier molecular flexibility index (Phi) is 8.67. The standard InChI is InChI=1S/C25H32N4O6S/c1-18-13-14-22(29(32)33)15-23(18)28(36(3,34)35)17-24(30)27(16-20-9-5-4-6-10-20)19(2)25(31)26-21-11-7-8-12-21/h4-6,9-10,13-15,19,21H,7-8,11-12,16-17H2,1-3H3,(H,26,31)/t19-/m0/s1. The molecule has 3 rings (SSSR count). The SMILES string of the molecule is Cc1ccc([N+](=O)[O-])cc1N(CC(=O)N(Cc1ccccc1)[C@@H](C)C(=O)NC1CCCC1)S(C)(=O)=O. The topological polar surface area (TPSA) is 130 Å². The number of nitro benzene ring substituents is 1. The highest BCUT2D eigenvalue weighted by molar-refractivity contribution is 7.92. The van der Waals surface area contributed by atoms with Gasteiger partial charge in [-0.3, -0.25) is 24.0 Å². The number of rotatable bonds is 10. The van der Waals surface area contributed by atoms with Crippen LogP contribution in [0.1, 0.15) is 43.7 Å². The molecule has 1 N–H and O–H groups in total. The molecular weight excluding hydrogens is 484 g/mol. The van der Waals surface area contributed by atoms with E-state index in [0.717, 1.165) is 47.9 Å². The molecule has 2 amide bonds. The first-order valence-corrected chi connectivity index (χ1v) is 13.7. The minimum absolute atomic E-state index is 0.0442. The van der Waals surface area contributed by atoms with E-state index in [4.69, 9.17) is 0 Å². The van der Waals surface area contributed by atoms with E-state index in [9.17, 15) is 28.1 Å². The number of anilines is 1. The monoisotopic (exact) mass is 516 g/mol. The van der Waals surface area contributed by atoms with Crippen molar-refractivity contribution in [2.75, 3.05) is 17.1 Å². The highest BCUT2D eigenvalue weighted by Crippen LogP contribution is 2.28. The molecule has 0 spiro atoms. The van der Waals surface area contributed by atoms with Crippen molar-refractivity contribution in [2.24, 2.45) is 0 Å². The Labute approximate surface area is 211 Å². The first kappa shape index (κ1) is 27.1. The number of nitrogens with zero attached hydrogens (tertiary/aromatic N) is 3. The first-order chi connectivity index (χ1) is 17.0. The van der Waals surface area contributed by atoms with Crippen LogP contribution in [0.3, 0.4) is 0 Å². The van der Waals surface area contributed by atoms with E-state index in [1.807, 2.05) is 30.3 Å². The lowest BCUT2D eigenvalue weighted by atomic mass is 10.1. The maximum atomic E-state index is 13.6. The summed E-state index contributed by atoms with van der Waals surface area (Å²) < 4.78 is 26.3. The molecule has 2 aromatic carbocycles. The second kappa shape index (κ2) is 11.5. The normalized spacial score (nSPS) is 14.8. The van der Waals surface area contributed by atoms with Gasteiger partial charge in [-0.1, -0.05) is 49.2 Å². The van der Waals surface area contributed by atoms with Gasteiger partial charge in [-0.05, 0) is 37.8 Å².